The number of carbonyl (C=O) groups excluding carboxylic acids is 1. The molecule has 9 heteroatoms. The van der Waals surface area contributed by atoms with Crippen molar-refractivity contribution in [2.75, 3.05) is 5.32 Å². The summed E-state index contributed by atoms with van der Waals surface area (Å²) in [5.74, 6) is 0.0461. The van der Waals surface area contributed by atoms with Crippen molar-refractivity contribution >= 4 is 11.9 Å². The molecule has 2 aromatic heterocycles. The average Bonchev–Trinajstić information content (AvgIpc) is 3.56. The molecule has 1 N–H and O–H groups in total. The predicted octanol–water partition coefficient (Wildman–Crippen LogP) is 6.93. The zero-order valence-corrected chi connectivity index (χ0v) is 17.9. The SMILES string of the molecule is O=C(Nc1nnc(-c2ccco2)o1)c1cccc(-c2ccc(-c3ccccc3C(F)(F)F)cc2)c1. The van der Waals surface area contributed by atoms with Crippen LogP contribution < -0.4 is 5.32 Å². The Bertz CT molecular complexity index is 1470. The Balaban J connectivity index is 1.35. The minimum absolute atomic E-state index is 0.0838. The number of rotatable bonds is 5. The van der Waals surface area contributed by atoms with Crippen LogP contribution in [0.4, 0.5) is 19.2 Å². The van der Waals surface area contributed by atoms with E-state index in [1.807, 2.05) is 0 Å². The number of benzene rings is 3. The number of aromatic nitrogens is 2. The fourth-order valence-electron chi connectivity index (χ4n) is 3.61. The third-order valence-electron chi connectivity index (χ3n) is 5.26. The maximum atomic E-state index is 13.4. The van der Waals surface area contributed by atoms with E-state index in [0.717, 1.165) is 17.2 Å². The van der Waals surface area contributed by atoms with E-state index in [4.69, 9.17) is 8.83 Å². The molecular weight excluding hydrogens is 459 g/mol. The monoisotopic (exact) mass is 475 g/mol. The van der Waals surface area contributed by atoms with Crippen molar-refractivity contribution in [3.8, 4) is 33.9 Å². The normalized spacial score (nSPS) is 11.4. The van der Waals surface area contributed by atoms with Crippen LogP contribution in [-0.2, 0) is 6.18 Å². The number of furan rings is 1. The minimum Gasteiger partial charge on any atom is -0.459 e. The van der Waals surface area contributed by atoms with Crippen LogP contribution in [0, 0.1) is 0 Å². The van der Waals surface area contributed by atoms with E-state index in [2.05, 4.69) is 15.5 Å². The van der Waals surface area contributed by atoms with Crippen LogP contribution in [-0.4, -0.2) is 16.1 Å². The number of nitrogens with zero attached hydrogens (tertiary/aromatic N) is 2. The maximum absolute atomic E-state index is 13.4. The lowest BCUT2D eigenvalue weighted by Gasteiger charge is -2.13. The number of amides is 1. The lowest BCUT2D eigenvalue weighted by molar-refractivity contribution is -0.137. The van der Waals surface area contributed by atoms with Gasteiger partial charge in [0.1, 0.15) is 0 Å². The number of alkyl halides is 3. The molecule has 3 aromatic carbocycles. The maximum Gasteiger partial charge on any atom is 0.417 e. The van der Waals surface area contributed by atoms with E-state index in [0.29, 0.717) is 16.9 Å². The third kappa shape index (κ3) is 4.70. The first-order valence-electron chi connectivity index (χ1n) is 10.4. The molecular formula is C26H16F3N3O3. The molecule has 35 heavy (non-hydrogen) atoms. The van der Waals surface area contributed by atoms with Gasteiger partial charge in [-0.1, -0.05) is 59.7 Å². The van der Waals surface area contributed by atoms with Crippen molar-refractivity contribution in [1.29, 1.82) is 0 Å². The van der Waals surface area contributed by atoms with Crippen LogP contribution in [0.15, 0.2) is 100 Å². The molecule has 1 amide bonds. The van der Waals surface area contributed by atoms with Gasteiger partial charge in [-0.05, 0) is 52.6 Å². The summed E-state index contributed by atoms with van der Waals surface area (Å²) in [6, 6.07) is 22.2. The van der Waals surface area contributed by atoms with E-state index in [9.17, 15) is 18.0 Å². The molecule has 0 bridgehead atoms. The molecule has 0 saturated heterocycles. The lowest BCUT2D eigenvalue weighted by Crippen LogP contribution is -2.12. The molecule has 6 nitrogen and oxygen atoms in total. The average molecular weight is 475 g/mol. The largest absolute Gasteiger partial charge is 0.459 e. The van der Waals surface area contributed by atoms with Crippen molar-refractivity contribution < 1.29 is 26.8 Å². The van der Waals surface area contributed by atoms with Gasteiger partial charge in [0, 0.05) is 5.56 Å². The number of hydrogen-bond acceptors (Lipinski definition) is 5. The summed E-state index contributed by atoms with van der Waals surface area (Å²) in [6.45, 7) is 0. The van der Waals surface area contributed by atoms with Crippen molar-refractivity contribution in [1.82, 2.24) is 10.2 Å². The van der Waals surface area contributed by atoms with E-state index < -0.39 is 17.6 Å². The molecule has 0 unspecified atom stereocenters. The second kappa shape index (κ2) is 8.94. The van der Waals surface area contributed by atoms with Crippen LogP contribution in [0.3, 0.4) is 0 Å². The van der Waals surface area contributed by atoms with Crippen LogP contribution >= 0.6 is 0 Å². The van der Waals surface area contributed by atoms with Gasteiger partial charge < -0.3 is 8.83 Å². The molecule has 0 spiro atoms. The van der Waals surface area contributed by atoms with E-state index in [1.54, 1.807) is 66.7 Å². The van der Waals surface area contributed by atoms with Gasteiger partial charge in [-0.15, -0.1) is 5.10 Å². The molecule has 0 radical (unpaired) electrons. The fourth-order valence-corrected chi connectivity index (χ4v) is 3.61. The Morgan fingerprint density at radius 2 is 1.57 bits per heavy atom. The summed E-state index contributed by atoms with van der Waals surface area (Å²) < 4.78 is 50.7. The smallest absolute Gasteiger partial charge is 0.417 e. The summed E-state index contributed by atoms with van der Waals surface area (Å²) in [4.78, 5) is 12.7. The molecule has 5 aromatic rings. The van der Waals surface area contributed by atoms with Gasteiger partial charge in [-0.3, -0.25) is 10.1 Å². The molecule has 0 saturated carbocycles. The molecule has 0 atom stereocenters. The molecule has 0 fully saturated rings. The first kappa shape index (κ1) is 22.1. The topological polar surface area (TPSA) is 81.2 Å². The Hall–Kier alpha value is -4.66. The second-order valence-corrected chi connectivity index (χ2v) is 7.55. The summed E-state index contributed by atoms with van der Waals surface area (Å²) >= 11 is 0. The number of carbonyl (C=O) groups is 1. The van der Waals surface area contributed by atoms with Gasteiger partial charge in [0.05, 0.1) is 11.8 Å². The summed E-state index contributed by atoms with van der Waals surface area (Å²) in [5, 5.41) is 10.2. The summed E-state index contributed by atoms with van der Waals surface area (Å²) in [6.07, 6.45) is -2.99. The first-order chi connectivity index (χ1) is 16.9. The number of hydrogen-bond donors (Lipinski definition) is 1. The first-order valence-corrected chi connectivity index (χ1v) is 10.4. The molecule has 5 rings (SSSR count). The van der Waals surface area contributed by atoms with Gasteiger partial charge in [0.15, 0.2) is 5.76 Å². The Kier molecular flexibility index (Phi) is 5.66. The molecule has 2 heterocycles. The van der Waals surface area contributed by atoms with Crippen molar-refractivity contribution in [2.24, 2.45) is 0 Å². The van der Waals surface area contributed by atoms with Crippen molar-refractivity contribution in [3.63, 3.8) is 0 Å². The van der Waals surface area contributed by atoms with E-state index in [1.165, 1.54) is 18.4 Å². The Labute approximate surface area is 197 Å². The second-order valence-electron chi connectivity index (χ2n) is 7.55. The number of anilines is 1. The van der Waals surface area contributed by atoms with Crippen molar-refractivity contribution in [2.45, 2.75) is 6.18 Å². The highest BCUT2D eigenvalue weighted by Gasteiger charge is 2.33. The van der Waals surface area contributed by atoms with E-state index in [-0.39, 0.29) is 17.5 Å². The highest BCUT2D eigenvalue weighted by molar-refractivity contribution is 6.03. The highest BCUT2D eigenvalue weighted by atomic mass is 19.4. The van der Waals surface area contributed by atoms with Gasteiger partial charge >= 0.3 is 12.2 Å². The van der Waals surface area contributed by atoms with Crippen LogP contribution in [0.2, 0.25) is 0 Å². The zero-order valence-electron chi connectivity index (χ0n) is 17.9. The van der Waals surface area contributed by atoms with Crippen LogP contribution in [0.5, 0.6) is 0 Å². The Morgan fingerprint density at radius 3 is 2.31 bits per heavy atom. The van der Waals surface area contributed by atoms with Crippen LogP contribution in [0.25, 0.3) is 33.9 Å². The van der Waals surface area contributed by atoms with Gasteiger partial charge in [-0.2, -0.15) is 13.2 Å². The fraction of sp³-hybridized carbons (Fsp3) is 0.0385. The summed E-state index contributed by atoms with van der Waals surface area (Å²) in [5.41, 5.74) is 1.66. The van der Waals surface area contributed by atoms with Gasteiger partial charge in [-0.25, -0.2) is 0 Å². The predicted molar refractivity (Wildman–Crippen MR) is 122 cm³/mol. The lowest BCUT2D eigenvalue weighted by atomic mass is 9.96. The zero-order chi connectivity index (χ0) is 24.4. The number of nitrogens with one attached hydrogen (secondary N) is 1. The molecule has 0 aliphatic carbocycles. The van der Waals surface area contributed by atoms with Crippen LogP contribution in [0.1, 0.15) is 15.9 Å². The van der Waals surface area contributed by atoms with Crippen molar-refractivity contribution in [3.05, 3.63) is 102 Å². The number of halogens is 3. The highest BCUT2D eigenvalue weighted by Crippen LogP contribution is 2.37. The minimum atomic E-state index is -4.45. The Morgan fingerprint density at radius 1 is 0.800 bits per heavy atom. The molecule has 0 aliphatic heterocycles. The molecule has 0 aliphatic rings. The van der Waals surface area contributed by atoms with E-state index >= 15 is 0 Å². The third-order valence-corrected chi connectivity index (χ3v) is 5.26. The van der Waals surface area contributed by atoms with Gasteiger partial charge in [0.2, 0.25) is 0 Å². The molecule has 174 valence electrons. The standard InChI is InChI=1S/C26H16F3N3O3/c27-26(28,29)21-8-2-1-7-20(21)17-12-10-16(11-13-17)18-5-3-6-19(15-18)23(33)30-25-32-31-24(35-25)22-9-4-14-34-22/h1-15H,(H,30,32,33). The quantitative estimate of drug-likeness (QED) is 0.298. The van der Waals surface area contributed by atoms with Gasteiger partial charge in [0.25, 0.3) is 11.8 Å². The summed E-state index contributed by atoms with van der Waals surface area (Å²) in [7, 11) is 0.